The number of aliphatic hydroxyl groups excluding tert-OH is 1. The second-order valence-corrected chi connectivity index (χ2v) is 5.58. The number of aliphatic hydroxyl groups is 1. The molecule has 15 heavy (non-hydrogen) atoms. The lowest BCUT2D eigenvalue weighted by molar-refractivity contribution is 0.198. The van der Waals surface area contributed by atoms with E-state index in [4.69, 9.17) is 5.73 Å². The van der Waals surface area contributed by atoms with Crippen LogP contribution in [0.4, 0.5) is 0 Å². The van der Waals surface area contributed by atoms with Crippen LogP contribution in [-0.2, 0) is 5.41 Å². The predicted molar refractivity (Wildman–Crippen MR) is 64.7 cm³/mol. The molecule has 1 aromatic rings. The minimum Gasteiger partial charge on any atom is -0.396 e. The first-order chi connectivity index (χ1) is 7.08. The monoisotopic (exact) mass is 269 g/mol. The molecular formula is C12H16BrNO. The zero-order chi connectivity index (χ0) is 11.1. The van der Waals surface area contributed by atoms with Crippen LogP contribution in [0, 0.1) is 5.41 Å². The van der Waals surface area contributed by atoms with Crippen molar-refractivity contribution in [2.75, 3.05) is 13.2 Å². The fourth-order valence-corrected chi connectivity index (χ4v) is 2.86. The zero-order valence-corrected chi connectivity index (χ0v) is 10.4. The van der Waals surface area contributed by atoms with Crippen molar-refractivity contribution in [3.8, 4) is 0 Å². The van der Waals surface area contributed by atoms with Gasteiger partial charge < -0.3 is 10.8 Å². The minimum atomic E-state index is -0.103. The molecule has 1 fully saturated rings. The molecule has 2 unspecified atom stereocenters. The fourth-order valence-electron chi connectivity index (χ4n) is 2.46. The molecule has 2 atom stereocenters. The minimum absolute atomic E-state index is 0.0419. The molecule has 1 saturated carbocycles. The second kappa shape index (κ2) is 3.58. The first-order valence-corrected chi connectivity index (χ1v) is 5.94. The third-order valence-corrected chi connectivity index (χ3v) is 4.39. The smallest absolute Gasteiger partial charge is 0.0508 e. The normalized spacial score (nSPS) is 34.1. The molecule has 0 radical (unpaired) electrons. The lowest BCUT2D eigenvalue weighted by Gasteiger charge is -2.19. The van der Waals surface area contributed by atoms with Crippen LogP contribution in [0.2, 0.25) is 0 Å². The van der Waals surface area contributed by atoms with Crippen molar-refractivity contribution in [1.82, 2.24) is 0 Å². The van der Waals surface area contributed by atoms with Gasteiger partial charge in [0.25, 0.3) is 0 Å². The Kier molecular flexibility index (Phi) is 2.65. The number of hydrogen-bond donors (Lipinski definition) is 2. The summed E-state index contributed by atoms with van der Waals surface area (Å²) < 4.78 is 1.08. The molecule has 1 aliphatic carbocycles. The van der Waals surface area contributed by atoms with Crippen molar-refractivity contribution in [2.24, 2.45) is 11.1 Å². The third kappa shape index (κ3) is 1.53. The van der Waals surface area contributed by atoms with E-state index in [1.807, 2.05) is 12.1 Å². The highest BCUT2D eigenvalue weighted by Gasteiger charge is 2.63. The van der Waals surface area contributed by atoms with Crippen LogP contribution in [0.5, 0.6) is 0 Å². The molecule has 0 spiro atoms. The molecular weight excluding hydrogens is 254 g/mol. The van der Waals surface area contributed by atoms with Gasteiger partial charge in [-0.15, -0.1) is 0 Å². The SMILES string of the molecule is CC1(c2cccc(Br)c2)CC1(CN)CO. The van der Waals surface area contributed by atoms with E-state index in [2.05, 4.69) is 35.0 Å². The van der Waals surface area contributed by atoms with E-state index in [0.29, 0.717) is 6.54 Å². The number of nitrogens with two attached hydrogens (primary N) is 1. The summed E-state index contributed by atoms with van der Waals surface area (Å²) in [5.74, 6) is 0. The van der Waals surface area contributed by atoms with Crippen LogP contribution in [0.3, 0.4) is 0 Å². The molecule has 1 aliphatic rings. The van der Waals surface area contributed by atoms with E-state index < -0.39 is 0 Å². The summed E-state index contributed by atoms with van der Waals surface area (Å²) in [6, 6.07) is 8.27. The van der Waals surface area contributed by atoms with Gasteiger partial charge in [-0.25, -0.2) is 0 Å². The van der Waals surface area contributed by atoms with Gasteiger partial charge in [-0.3, -0.25) is 0 Å². The Bertz CT molecular complexity index is 376. The molecule has 0 aliphatic heterocycles. The second-order valence-electron chi connectivity index (χ2n) is 4.66. The largest absolute Gasteiger partial charge is 0.396 e. The molecule has 1 aromatic carbocycles. The molecule has 0 amide bonds. The van der Waals surface area contributed by atoms with Gasteiger partial charge in [-0.05, 0) is 24.1 Å². The molecule has 3 N–H and O–H groups in total. The van der Waals surface area contributed by atoms with Crippen molar-refractivity contribution in [3.63, 3.8) is 0 Å². The Labute approximate surface area is 98.6 Å². The van der Waals surface area contributed by atoms with E-state index in [0.717, 1.165) is 10.9 Å². The van der Waals surface area contributed by atoms with Crippen molar-refractivity contribution in [1.29, 1.82) is 0 Å². The first kappa shape index (κ1) is 11.1. The number of rotatable bonds is 3. The lowest BCUT2D eigenvalue weighted by atomic mass is 9.88. The van der Waals surface area contributed by atoms with Crippen LogP contribution in [0.1, 0.15) is 18.9 Å². The zero-order valence-electron chi connectivity index (χ0n) is 8.83. The summed E-state index contributed by atoms with van der Waals surface area (Å²) in [7, 11) is 0. The number of halogens is 1. The summed E-state index contributed by atoms with van der Waals surface area (Å²) in [5.41, 5.74) is 6.96. The molecule has 0 saturated heterocycles. The van der Waals surface area contributed by atoms with Gasteiger partial charge in [0, 0.05) is 21.8 Å². The standard InChI is InChI=1S/C12H16BrNO/c1-11(6-12(11,7-14)8-15)9-3-2-4-10(13)5-9/h2-5,15H,6-8,14H2,1H3. The molecule has 0 aromatic heterocycles. The highest BCUT2D eigenvalue weighted by atomic mass is 79.9. The van der Waals surface area contributed by atoms with E-state index in [1.54, 1.807) is 0 Å². The Morgan fingerprint density at radius 2 is 2.27 bits per heavy atom. The van der Waals surface area contributed by atoms with Crippen LogP contribution in [0.25, 0.3) is 0 Å². The predicted octanol–water partition coefficient (Wildman–Crippen LogP) is 2.05. The van der Waals surface area contributed by atoms with Crippen LogP contribution >= 0.6 is 15.9 Å². The summed E-state index contributed by atoms with van der Waals surface area (Å²) in [6.45, 7) is 2.90. The number of hydrogen-bond acceptors (Lipinski definition) is 2. The molecule has 0 heterocycles. The summed E-state index contributed by atoms with van der Waals surface area (Å²) in [5, 5.41) is 9.43. The maximum absolute atomic E-state index is 9.43. The lowest BCUT2D eigenvalue weighted by Crippen LogP contribution is -2.27. The number of benzene rings is 1. The highest BCUT2D eigenvalue weighted by molar-refractivity contribution is 9.10. The fraction of sp³-hybridized carbons (Fsp3) is 0.500. The first-order valence-electron chi connectivity index (χ1n) is 5.15. The average molecular weight is 270 g/mol. The van der Waals surface area contributed by atoms with Crippen molar-refractivity contribution < 1.29 is 5.11 Å². The van der Waals surface area contributed by atoms with Gasteiger partial charge in [0.1, 0.15) is 0 Å². The Balaban J connectivity index is 2.34. The molecule has 0 bridgehead atoms. The molecule has 2 rings (SSSR count). The van der Waals surface area contributed by atoms with Crippen LogP contribution in [-0.4, -0.2) is 18.3 Å². The van der Waals surface area contributed by atoms with Crippen molar-refractivity contribution >= 4 is 15.9 Å². The van der Waals surface area contributed by atoms with Gasteiger partial charge in [0.2, 0.25) is 0 Å². The van der Waals surface area contributed by atoms with Gasteiger partial charge in [-0.2, -0.15) is 0 Å². The maximum atomic E-state index is 9.43. The van der Waals surface area contributed by atoms with Crippen molar-refractivity contribution in [3.05, 3.63) is 34.3 Å². The van der Waals surface area contributed by atoms with Crippen LogP contribution in [0.15, 0.2) is 28.7 Å². The van der Waals surface area contributed by atoms with E-state index in [9.17, 15) is 5.11 Å². The van der Waals surface area contributed by atoms with E-state index in [-0.39, 0.29) is 17.4 Å². The van der Waals surface area contributed by atoms with Gasteiger partial charge >= 0.3 is 0 Å². The summed E-state index contributed by atoms with van der Waals surface area (Å²) >= 11 is 3.47. The Morgan fingerprint density at radius 3 is 2.73 bits per heavy atom. The van der Waals surface area contributed by atoms with Gasteiger partial charge in [0.05, 0.1) is 6.61 Å². The summed E-state index contributed by atoms with van der Waals surface area (Å²) in [4.78, 5) is 0. The molecule has 82 valence electrons. The third-order valence-electron chi connectivity index (χ3n) is 3.89. The highest BCUT2D eigenvalue weighted by Crippen LogP contribution is 2.63. The average Bonchev–Trinajstić information content (AvgIpc) is 2.87. The van der Waals surface area contributed by atoms with E-state index >= 15 is 0 Å². The van der Waals surface area contributed by atoms with Crippen molar-refractivity contribution in [2.45, 2.75) is 18.8 Å². The molecule has 3 heteroatoms. The molecule has 2 nitrogen and oxygen atoms in total. The Morgan fingerprint density at radius 1 is 1.53 bits per heavy atom. The topological polar surface area (TPSA) is 46.2 Å². The quantitative estimate of drug-likeness (QED) is 0.883. The van der Waals surface area contributed by atoms with Gasteiger partial charge in [-0.1, -0.05) is 35.0 Å². The summed E-state index contributed by atoms with van der Waals surface area (Å²) in [6.07, 6.45) is 0.976. The maximum Gasteiger partial charge on any atom is 0.0508 e. The van der Waals surface area contributed by atoms with Gasteiger partial charge in [0.15, 0.2) is 0 Å². The van der Waals surface area contributed by atoms with Crippen LogP contribution < -0.4 is 5.73 Å². The Hall–Kier alpha value is -0.380. The van der Waals surface area contributed by atoms with E-state index in [1.165, 1.54) is 5.56 Å².